The highest BCUT2D eigenvalue weighted by molar-refractivity contribution is 7.89. The number of nitrogens with zero attached hydrogens (tertiary/aromatic N) is 2. The maximum atomic E-state index is 12.0. The van der Waals surface area contributed by atoms with Crippen LogP contribution in [0.15, 0.2) is 28.0 Å². The molecule has 23 heavy (non-hydrogen) atoms. The molecular formula is C13H20N4O5S. The molecule has 0 atom stereocenters. The molecule has 128 valence electrons. The van der Waals surface area contributed by atoms with E-state index in [9.17, 15) is 22.8 Å². The highest BCUT2D eigenvalue weighted by Gasteiger charge is 2.18. The molecule has 0 unspecified atom stereocenters. The zero-order chi connectivity index (χ0) is 17.6. The van der Waals surface area contributed by atoms with Crippen LogP contribution in [0.3, 0.4) is 0 Å². The molecule has 0 aliphatic heterocycles. The SMILES string of the molecule is CCNC(=O)CNC(=O)Cn1cc(S(=O)(=O)N(C)C)ccc1=O. The van der Waals surface area contributed by atoms with Crippen LogP contribution in [0.5, 0.6) is 0 Å². The second-order valence-electron chi connectivity index (χ2n) is 4.85. The molecular weight excluding hydrogens is 324 g/mol. The molecule has 0 bridgehead atoms. The summed E-state index contributed by atoms with van der Waals surface area (Å²) in [7, 11) is -0.977. The summed E-state index contributed by atoms with van der Waals surface area (Å²) in [5, 5.41) is 4.86. The number of amides is 2. The molecule has 1 aromatic rings. The van der Waals surface area contributed by atoms with E-state index < -0.39 is 21.5 Å². The van der Waals surface area contributed by atoms with E-state index in [2.05, 4.69) is 10.6 Å². The third kappa shape index (κ3) is 5.18. The quantitative estimate of drug-likeness (QED) is 0.615. The van der Waals surface area contributed by atoms with E-state index in [0.717, 1.165) is 21.1 Å². The van der Waals surface area contributed by atoms with Gasteiger partial charge in [0.1, 0.15) is 6.54 Å². The van der Waals surface area contributed by atoms with Crippen LogP contribution in [0.1, 0.15) is 6.92 Å². The average Bonchev–Trinajstić information content (AvgIpc) is 2.47. The lowest BCUT2D eigenvalue weighted by molar-refractivity contribution is -0.126. The van der Waals surface area contributed by atoms with Crippen LogP contribution in [0, 0.1) is 0 Å². The highest BCUT2D eigenvalue weighted by Crippen LogP contribution is 2.10. The Labute approximate surface area is 134 Å². The highest BCUT2D eigenvalue weighted by atomic mass is 32.2. The van der Waals surface area contributed by atoms with Crippen molar-refractivity contribution in [3.63, 3.8) is 0 Å². The minimum absolute atomic E-state index is 0.0985. The number of carbonyl (C=O) groups excluding carboxylic acids is 2. The van der Waals surface area contributed by atoms with Gasteiger partial charge in [0.2, 0.25) is 21.8 Å². The predicted octanol–water partition coefficient (Wildman–Crippen LogP) is -1.65. The first-order valence-corrected chi connectivity index (χ1v) is 8.29. The Balaban J connectivity index is 2.87. The van der Waals surface area contributed by atoms with E-state index in [1.54, 1.807) is 6.92 Å². The fourth-order valence-corrected chi connectivity index (χ4v) is 2.57. The molecule has 9 nitrogen and oxygen atoms in total. The van der Waals surface area contributed by atoms with E-state index in [4.69, 9.17) is 0 Å². The number of pyridine rings is 1. The summed E-state index contributed by atoms with van der Waals surface area (Å²) in [5.74, 6) is -0.921. The second-order valence-corrected chi connectivity index (χ2v) is 7.00. The molecule has 1 aromatic heterocycles. The molecule has 0 aliphatic carbocycles. The fourth-order valence-electron chi connectivity index (χ4n) is 1.65. The van der Waals surface area contributed by atoms with Crippen molar-refractivity contribution in [2.75, 3.05) is 27.2 Å². The zero-order valence-electron chi connectivity index (χ0n) is 13.2. The molecule has 0 saturated heterocycles. The summed E-state index contributed by atoms with van der Waals surface area (Å²) in [6.45, 7) is 1.60. The van der Waals surface area contributed by atoms with Gasteiger partial charge < -0.3 is 15.2 Å². The van der Waals surface area contributed by atoms with E-state index in [-0.39, 0.29) is 23.9 Å². The van der Waals surface area contributed by atoms with Gasteiger partial charge in [-0.3, -0.25) is 14.4 Å². The van der Waals surface area contributed by atoms with Crippen molar-refractivity contribution in [1.29, 1.82) is 0 Å². The minimum Gasteiger partial charge on any atom is -0.355 e. The van der Waals surface area contributed by atoms with Crippen LogP contribution < -0.4 is 16.2 Å². The summed E-state index contributed by atoms with van der Waals surface area (Å²) in [4.78, 5) is 34.6. The molecule has 0 aliphatic rings. The van der Waals surface area contributed by atoms with Gasteiger partial charge in [-0.15, -0.1) is 0 Å². The van der Waals surface area contributed by atoms with Crippen molar-refractivity contribution in [2.45, 2.75) is 18.4 Å². The molecule has 0 radical (unpaired) electrons. The normalized spacial score (nSPS) is 11.3. The number of hydrogen-bond acceptors (Lipinski definition) is 5. The Morgan fingerprint density at radius 2 is 1.83 bits per heavy atom. The van der Waals surface area contributed by atoms with Crippen molar-refractivity contribution in [3.8, 4) is 0 Å². The van der Waals surface area contributed by atoms with Crippen LogP contribution in [0.4, 0.5) is 0 Å². The standard InChI is InChI=1S/C13H20N4O5S/c1-4-14-11(18)7-15-12(19)9-17-8-10(5-6-13(17)20)23(21,22)16(2)3/h5-6,8H,4,7,9H2,1-3H3,(H,14,18)(H,15,19). The van der Waals surface area contributed by atoms with Crippen molar-refractivity contribution in [3.05, 3.63) is 28.7 Å². The van der Waals surface area contributed by atoms with E-state index in [1.807, 2.05) is 0 Å². The molecule has 0 saturated carbocycles. The topological polar surface area (TPSA) is 118 Å². The first-order valence-electron chi connectivity index (χ1n) is 6.85. The van der Waals surface area contributed by atoms with Gasteiger partial charge in [0.25, 0.3) is 5.56 Å². The molecule has 10 heteroatoms. The van der Waals surface area contributed by atoms with Crippen molar-refractivity contribution in [1.82, 2.24) is 19.5 Å². The first-order chi connectivity index (χ1) is 10.7. The number of rotatable bonds is 7. The molecule has 0 aromatic carbocycles. The molecule has 2 amide bonds. The number of nitrogens with one attached hydrogen (secondary N) is 2. The van der Waals surface area contributed by atoms with Gasteiger partial charge in [-0.1, -0.05) is 0 Å². The molecule has 1 heterocycles. The number of sulfonamides is 1. The van der Waals surface area contributed by atoms with Gasteiger partial charge >= 0.3 is 0 Å². The zero-order valence-corrected chi connectivity index (χ0v) is 14.0. The predicted molar refractivity (Wildman–Crippen MR) is 83.3 cm³/mol. The van der Waals surface area contributed by atoms with E-state index in [0.29, 0.717) is 6.54 Å². The lowest BCUT2D eigenvalue weighted by Gasteiger charge is -2.13. The summed E-state index contributed by atoms with van der Waals surface area (Å²) < 4.78 is 26.0. The van der Waals surface area contributed by atoms with Crippen LogP contribution >= 0.6 is 0 Å². The fraction of sp³-hybridized carbons (Fsp3) is 0.462. The number of carbonyl (C=O) groups is 2. The third-order valence-electron chi connectivity index (χ3n) is 2.87. The van der Waals surface area contributed by atoms with Crippen LogP contribution in [-0.4, -0.2) is 56.3 Å². The minimum atomic E-state index is -3.71. The van der Waals surface area contributed by atoms with Gasteiger partial charge in [0.05, 0.1) is 11.4 Å². The third-order valence-corrected chi connectivity index (χ3v) is 4.67. The molecule has 2 N–H and O–H groups in total. The largest absolute Gasteiger partial charge is 0.355 e. The average molecular weight is 344 g/mol. The maximum absolute atomic E-state index is 12.0. The summed E-state index contributed by atoms with van der Waals surface area (Å²) in [6, 6.07) is 2.26. The summed E-state index contributed by atoms with van der Waals surface area (Å²) in [5.41, 5.74) is -0.518. The van der Waals surface area contributed by atoms with Crippen LogP contribution in [0.2, 0.25) is 0 Å². The Kier molecular flexibility index (Phi) is 6.46. The number of hydrogen-bond donors (Lipinski definition) is 2. The van der Waals surface area contributed by atoms with Gasteiger partial charge in [-0.05, 0) is 13.0 Å². The maximum Gasteiger partial charge on any atom is 0.251 e. The lowest BCUT2D eigenvalue weighted by atomic mass is 10.4. The Hall–Kier alpha value is -2.20. The Morgan fingerprint density at radius 1 is 1.17 bits per heavy atom. The van der Waals surface area contributed by atoms with E-state index >= 15 is 0 Å². The molecule has 1 rings (SSSR count). The Morgan fingerprint density at radius 3 is 2.39 bits per heavy atom. The first kappa shape index (κ1) is 18.8. The monoisotopic (exact) mass is 344 g/mol. The van der Waals surface area contributed by atoms with E-state index in [1.165, 1.54) is 20.2 Å². The Bertz CT molecular complexity index is 739. The lowest BCUT2D eigenvalue weighted by Crippen LogP contribution is -2.39. The smallest absolute Gasteiger partial charge is 0.251 e. The van der Waals surface area contributed by atoms with Crippen LogP contribution in [-0.2, 0) is 26.2 Å². The van der Waals surface area contributed by atoms with Crippen molar-refractivity contribution in [2.24, 2.45) is 0 Å². The van der Waals surface area contributed by atoms with Crippen molar-refractivity contribution >= 4 is 21.8 Å². The van der Waals surface area contributed by atoms with Gasteiger partial charge in [0, 0.05) is 32.9 Å². The molecule has 0 fully saturated rings. The molecule has 0 spiro atoms. The van der Waals surface area contributed by atoms with Crippen LogP contribution in [0.25, 0.3) is 0 Å². The summed E-state index contributed by atoms with van der Waals surface area (Å²) >= 11 is 0. The summed E-state index contributed by atoms with van der Waals surface area (Å²) in [6.07, 6.45) is 1.10. The number of likely N-dealkylation sites (N-methyl/N-ethyl adjacent to an activating group) is 1. The second kappa shape index (κ2) is 7.88. The van der Waals surface area contributed by atoms with Gasteiger partial charge in [-0.25, -0.2) is 12.7 Å². The van der Waals surface area contributed by atoms with Crippen molar-refractivity contribution < 1.29 is 18.0 Å². The number of aromatic nitrogens is 1. The van der Waals surface area contributed by atoms with Gasteiger partial charge in [0.15, 0.2) is 0 Å². The van der Waals surface area contributed by atoms with Gasteiger partial charge in [-0.2, -0.15) is 0 Å².